The molecule has 0 atom stereocenters. The van der Waals surface area contributed by atoms with Gasteiger partial charge in [0.15, 0.2) is 0 Å². The van der Waals surface area contributed by atoms with Crippen molar-refractivity contribution in [1.82, 2.24) is 0 Å². The van der Waals surface area contributed by atoms with Crippen LogP contribution in [0.1, 0.15) is 41.6 Å². The molecule has 7 heteroatoms. The van der Waals surface area contributed by atoms with Gasteiger partial charge in [0.05, 0.1) is 5.56 Å². The van der Waals surface area contributed by atoms with Crippen LogP contribution in [0.25, 0.3) is 0 Å². The van der Waals surface area contributed by atoms with E-state index in [1.54, 1.807) is 12.1 Å². The molecule has 1 aliphatic rings. The molecule has 0 heterocycles. The Kier molecular flexibility index (Phi) is 5.48. The van der Waals surface area contributed by atoms with E-state index >= 15 is 0 Å². The molecule has 0 aliphatic heterocycles. The highest BCUT2D eigenvalue weighted by Gasteiger charge is 2.30. The zero-order chi connectivity index (χ0) is 19.4. The molecule has 1 aliphatic carbocycles. The van der Waals surface area contributed by atoms with Crippen LogP contribution in [0, 0.1) is 5.92 Å². The van der Waals surface area contributed by atoms with Crippen molar-refractivity contribution in [3.05, 3.63) is 59.7 Å². The van der Waals surface area contributed by atoms with Crippen molar-refractivity contribution in [3.63, 3.8) is 0 Å². The maximum atomic E-state index is 12.8. The minimum absolute atomic E-state index is 0.00686. The van der Waals surface area contributed by atoms with Gasteiger partial charge in [-0.15, -0.1) is 0 Å². The third-order valence-electron chi connectivity index (χ3n) is 4.57. The molecule has 0 radical (unpaired) electrons. The van der Waals surface area contributed by atoms with Gasteiger partial charge in [0.1, 0.15) is 0 Å². The normalized spacial score (nSPS) is 14.8. The molecule has 142 valence electrons. The molecule has 0 saturated heterocycles. The van der Waals surface area contributed by atoms with E-state index in [-0.39, 0.29) is 23.1 Å². The van der Waals surface area contributed by atoms with Crippen molar-refractivity contribution < 1.29 is 22.8 Å². The molecule has 2 amide bonds. The summed E-state index contributed by atoms with van der Waals surface area (Å²) in [5.41, 5.74) is -0.0478. The van der Waals surface area contributed by atoms with Crippen LogP contribution in [-0.4, -0.2) is 11.8 Å². The number of benzene rings is 2. The summed E-state index contributed by atoms with van der Waals surface area (Å²) in [4.78, 5) is 24.6. The van der Waals surface area contributed by atoms with Crippen LogP contribution >= 0.6 is 0 Å². The summed E-state index contributed by atoms with van der Waals surface area (Å²) >= 11 is 0. The lowest BCUT2D eigenvalue weighted by Crippen LogP contribution is -2.20. The molecule has 0 bridgehead atoms. The topological polar surface area (TPSA) is 58.2 Å². The summed E-state index contributed by atoms with van der Waals surface area (Å²) in [5.74, 6) is -0.623. The molecule has 0 aromatic heterocycles. The Morgan fingerprint density at radius 2 is 1.52 bits per heavy atom. The Hall–Kier alpha value is -2.83. The molecule has 2 aromatic rings. The molecule has 4 nitrogen and oxygen atoms in total. The maximum absolute atomic E-state index is 12.8. The number of anilines is 2. The number of carbonyl (C=O) groups excluding carboxylic acids is 2. The summed E-state index contributed by atoms with van der Waals surface area (Å²) in [7, 11) is 0. The highest BCUT2D eigenvalue weighted by molar-refractivity contribution is 6.05. The molecule has 1 saturated carbocycles. The number of nitrogens with one attached hydrogen (secondary N) is 2. The van der Waals surface area contributed by atoms with Crippen molar-refractivity contribution in [2.75, 3.05) is 10.6 Å². The van der Waals surface area contributed by atoms with Gasteiger partial charge in [0, 0.05) is 22.9 Å². The Labute approximate surface area is 154 Å². The van der Waals surface area contributed by atoms with Gasteiger partial charge >= 0.3 is 6.18 Å². The lowest BCUT2D eigenvalue weighted by molar-refractivity contribution is -0.137. The van der Waals surface area contributed by atoms with Crippen molar-refractivity contribution in [1.29, 1.82) is 0 Å². The van der Waals surface area contributed by atoms with Crippen LogP contribution in [0.15, 0.2) is 48.5 Å². The number of halogens is 3. The standard InChI is InChI=1S/C20H19F3N2O2/c21-20(22,23)15-8-4-10-17(12-15)25-19(27)14-7-3-9-16(11-14)24-18(26)13-5-1-2-6-13/h3-4,7-13H,1-2,5-6H2,(H,24,26)(H,25,27). The number of alkyl halides is 3. The van der Waals surface area contributed by atoms with Crippen LogP contribution in [-0.2, 0) is 11.0 Å². The van der Waals surface area contributed by atoms with Crippen LogP contribution in [0.3, 0.4) is 0 Å². The number of amides is 2. The number of carbonyl (C=O) groups is 2. The zero-order valence-electron chi connectivity index (χ0n) is 14.5. The second-order valence-electron chi connectivity index (χ2n) is 6.58. The molecule has 2 N–H and O–H groups in total. The fraction of sp³-hybridized carbons (Fsp3) is 0.300. The minimum Gasteiger partial charge on any atom is -0.326 e. The van der Waals surface area contributed by atoms with Gasteiger partial charge in [0.25, 0.3) is 5.91 Å². The molecule has 2 aromatic carbocycles. The average molecular weight is 376 g/mol. The van der Waals surface area contributed by atoms with Gasteiger partial charge in [-0.05, 0) is 49.2 Å². The smallest absolute Gasteiger partial charge is 0.326 e. The van der Waals surface area contributed by atoms with E-state index in [9.17, 15) is 22.8 Å². The van der Waals surface area contributed by atoms with E-state index in [1.807, 2.05) is 0 Å². The first-order valence-electron chi connectivity index (χ1n) is 8.72. The van der Waals surface area contributed by atoms with Crippen molar-refractivity contribution in [2.24, 2.45) is 5.92 Å². The first-order valence-corrected chi connectivity index (χ1v) is 8.72. The van der Waals surface area contributed by atoms with Gasteiger partial charge in [-0.1, -0.05) is 25.0 Å². The van der Waals surface area contributed by atoms with Crippen molar-refractivity contribution in [3.8, 4) is 0 Å². The molecule has 1 fully saturated rings. The monoisotopic (exact) mass is 376 g/mol. The molecular formula is C20H19F3N2O2. The predicted octanol–water partition coefficient (Wildman–Crippen LogP) is 5.09. The first kappa shape index (κ1) is 18.9. The molecule has 3 rings (SSSR count). The Morgan fingerprint density at radius 1 is 0.889 bits per heavy atom. The lowest BCUT2D eigenvalue weighted by Gasteiger charge is -2.12. The number of hydrogen-bond donors (Lipinski definition) is 2. The Balaban J connectivity index is 1.69. The van der Waals surface area contributed by atoms with Crippen molar-refractivity contribution in [2.45, 2.75) is 31.9 Å². The molecule has 0 unspecified atom stereocenters. The van der Waals surface area contributed by atoms with Gasteiger partial charge < -0.3 is 10.6 Å². The molecule has 0 spiro atoms. The first-order chi connectivity index (χ1) is 12.8. The largest absolute Gasteiger partial charge is 0.416 e. The maximum Gasteiger partial charge on any atom is 0.416 e. The Morgan fingerprint density at radius 3 is 2.19 bits per heavy atom. The van der Waals surface area contributed by atoms with Crippen molar-refractivity contribution >= 4 is 23.2 Å². The lowest BCUT2D eigenvalue weighted by atomic mass is 10.1. The summed E-state index contributed by atoms with van der Waals surface area (Å²) in [6.07, 6.45) is -0.677. The van der Waals surface area contributed by atoms with E-state index in [0.717, 1.165) is 37.8 Å². The fourth-order valence-corrected chi connectivity index (χ4v) is 3.15. The average Bonchev–Trinajstić information content (AvgIpc) is 3.16. The van der Waals surface area contributed by atoms with Crippen LogP contribution in [0.2, 0.25) is 0 Å². The molecular weight excluding hydrogens is 357 g/mol. The second-order valence-corrected chi connectivity index (χ2v) is 6.58. The number of rotatable bonds is 4. The minimum atomic E-state index is -4.48. The van der Waals surface area contributed by atoms with Crippen LogP contribution < -0.4 is 10.6 Å². The summed E-state index contributed by atoms with van der Waals surface area (Å²) in [6, 6.07) is 10.8. The third-order valence-corrected chi connectivity index (χ3v) is 4.57. The van der Waals surface area contributed by atoms with Gasteiger partial charge in [-0.25, -0.2) is 0 Å². The fourth-order valence-electron chi connectivity index (χ4n) is 3.15. The van der Waals surface area contributed by atoms with Gasteiger partial charge in [-0.3, -0.25) is 9.59 Å². The molecule has 27 heavy (non-hydrogen) atoms. The Bertz CT molecular complexity index is 843. The predicted molar refractivity (Wildman–Crippen MR) is 96.4 cm³/mol. The van der Waals surface area contributed by atoms with E-state index in [4.69, 9.17) is 0 Å². The van der Waals surface area contributed by atoms with E-state index in [1.165, 1.54) is 24.3 Å². The highest BCUT2D eigenvalue weighted by atomic mass is 19.4. The quantitative estimate of drug-likeness (QED) is 0.781. The summed E-state index contributed by atoms with van der Waals surface area (Å²) in [5, 5.41) is 5.26. The van der Waals surface area contributed by atoms with E-state index < -0.39 is 17.6 Å². The summed E-state index contributed by atoms with van der Waals surface area (Å²) < 4.78 is 38.3. The third kappa shape index (κ3) is 4.87. The highest BCUT2D eigenvalue weighted by Crippen LogP contribution is 2.31. The van der Waals surface area contributed by atoms with E-state index in [2.05, 4.69) is 10.6 Å². The second kappa shape index (κ2) is 7.82. The summed E-state index contributed by atoms with van der Waals surface area (Å²) in [6.45, 7) is 0. The number of hydrogen-bond acceptors (Lipinski definition) is 2. The van der Waals surface area contributed by atoms with Crippen LogP contribution in [0.4, 0.5) is 24.5 Å². The van der Waals surface area contributed by atoms with Gasteiger partial charge in [0.2, 0.25) is 5.91 Å². The SMILES string of the molecule is O=C(Nc1cccc(C(F)(F)F)c1)c1cccc(NC(=O)C2CCCC2)c1. The zero-order valence-corrected chi connectivity index (χ0v) is 14.5. The van der Waals surface area contributed by atoms with E-state index in [0.29, 0.717) is 5.69 Å². The van der Waals surface area contributed by atoms with Crippen LogP contribution in [0.5, 0.6) is 0 Å². The van der Waals surface area contributed by atoms with Gasteiger partial charge in [-0.2, -0.15) is 13.2 Å².